The first-order valence-electron chi connectivity index (χ1n) is 8.88. The quantitative estimate of drug-likeness (QED) is 0.402. The Labute approximate surface area is 170 Å². The molecule has 0 fully saturated rings. The fraction of sp³-hybridized carbons (Fsp3) is 0.0952. The van der Waals surface area contributed by atoms with Gasteiger partial charge in [-0.1, -0.05) is 48.0 Å². The van der Waals surface area contributed by atoms with Crippen molar-refractivity contribution in [2.24, 2.45) is 5.73 Å². The van der Waals surface area contributed by atoms with E-state index in [9.17, 15) is 14.7 Å². The minimum Gasteiger partial charge on any atom is -0.478 e. The lowest BCUT2D eigenvalue weighted by atomic mass is 10.0. The molecule has 8 heteroatoms. The third kappa shape index (κ3) is 3.78. The van der Waals surface area contributed by atoms with E-state index in [1.54, 1.807) is 18.2 Å². The summed E-state index contributed by atoms with van der Waals surface area (Å²) in [5.74, 6) is -0.647. The smallest absolute Gasteiger partial charge is 0.336 e. The highest BCUT2D eigenvalue weighted by atomic mass is 35.5. The number of carbonyl (C=O) groups is 1. The minimum atomic E-state index is -1.18. The summed E-state index contributed by atoms with van der Waals surface area (Å²) < 4.78 is 0. The normalized spacial score (nSPS) is 12.2. The molecular formula is C21H17ClN4O3. The highest BCUT2D eigenvalue weighted by molar-refractivity contribution is 6.32. The average molecular weight is 409 g/mol. The van der Waals surface area contributed by atoms with Crippen LogP contribution in [0.2, 0.25) is 5.15 Å². The number of aromatic carboxylic acids is 1. The van der Waals surface area contributed by atoms with Crippen molar-refractivity contribution in [1.82, 2.24) is 15.0 Å². The van der Waals surface area contributed by atoms with Crippen LogP contribution in [0, 0.1) is 0 Å². The molecule has 0 aliphatic carbocycles. The van der Waals surface area contributed by atoms with Gasteiger partial charge in [-0.3, -0.25) is 4.79 Å². The topological polar surface area (TPSA) is 125 Å². The first-order valence-corrected chi connectivity index (χ1v) is 9.26. The molecule has 7 nitrogen and oxygen atoms in total. The molecule has 2 aromatic heterocycles. The number of aromatic nitrogens is 3. The number of H-pyrrole nitrogens is 2. The zero-order chi connectivity index (χ0) is 20.5. The van der Waals surface area contributed by atoms with Crippen LogP contribution in [0.15, 0.2) is 59.4 Å². The summed E-state index contributed by atoms with van der Waals surface area (Å²) in [6.07, 6.45) is 0.590. The Kier molecular flexibility index (Phi) is 4.92. The summed E-state index contributed by atoms with van der Waals surface area (Å²) in [6, 6.07) is 15.5. The number of carboxylic acid groups (broad SMARTS) is 1. The van der Waals surface area contributed by atoms with Gasteiger partial charge in [-0.15, -0.1) is 0 Å². The summed E-state index contributed by atoms with van der Waals surface area (Å²) in [4.78, 5) is 33.4. The van der Waals surface area contributed by atoms with Crippen LogP contribution in [0.1, 0.15) is 27.8 Å². The van der Waals surface area contributed by atoms with E-state index in [1.165, 1.54) is 0 Å². The van der Waals surface area contributed by atoms with Crippen LogP contribution in [0.25, 0.3) is 22.2 Å². The predicted molar refractivity (Wildman–Crippen MR) is 111 cm³/mol. The molecule has 2 heterocycles. The third-order valence-corrected chi connectivity index (χ3v) is 4.95. The maximum atomic E-state index is 11.7. The van der Waals surface area contributed by atoms with Crippen LogP contribution >= 0.6 is 11.6 Å². The van der Waals surface area contributed by atoms with Gasteiger partial charge in [-0.25, -0.2) is 9.78 Å². The van der Waals surface area contributed by atoms with Gasteiger partial charge in [0.1, 0.15) is 16.7 Å². The van der Waals surface area contributed by atoms with Crippen molar-refractivity contribution in [3.05, 3.63) is 87.1 Å². The molecule has 0 aliphatic rings. The second-order valence-corrected chi connectivity index (χ2v) is 7.07. The average Bonchev–Trinajstić information content (AvgIpc) is 3.09. The summed E-state index contributed by atoms with van der Waals surface area (Å²) >= 11 is 6.36. The number of nitrogens with two attached hydrogens (primary N) is 1. The molecule has 29 heavy (non-hydrogen) atoms. The van der Waals surface area contributed by atoms with Gasteiger partial charge in [-0.2, -0.15) is 0 Å². The zero-order valence-electron chi connectivity index (χ0n) is 15.1. The van der Waals surface area contributed by atoms with E-state index in [4.69, 9.17) is 17.3 Å². The molecule has 5 N–H and O–H groups in total. The second kappa shape index (κ2) is 7.54. The second-order valence-electron chi connectivity index (χ2n) is 6.69. The Balaban J connectivity index is 1.73. The highest BCUT2D eigenvalue weighted by Crippen LogP contribution is 2.30. The molecule has 4 rings (SSSR count). The first-order chi connectivity index (χ1) is 13.9. The first kappa shape index (κ1) is 18.9. The number of hydrogen-bond donors (Lipinski definition) is 4. The van der Waals surface area contributed by atoms with Gasteiger partial charge < -0.3 is 20.8 Å². The Bertz CT molecular complexity index is 1260. The molecule has 2 aromatic carbocycles. The SMILES string of the molecule is NC(Cc1ccccc1)c1nc(-c2ccc3[nH]c(=O)cc(C(=O)O)c3c2)c(Cl)[nH]1. The molecule has 0 saturated carbocycles. The number of pyridine rings is 1. The van der Waals surface area contributed by atoms with Crippen molar-refractivity contribution in [1.29, 1.82) is 0 Å². The third-order valence-electron chi connectivity index (χ3n) is 4.67. The fourth-order valence-corrected chi connectivity index (χ4v) is 3.53. The molecule has 0 amide bonds. The summed E-state index contributed by atoms with van der Waals surface area (Å²) in [5.41, 5.74) is 8.31. The molecule has 0 aliphatic heterocycles. The van der Waals surface area contributed by atoms with Crippen LogP contribution in [0.5, 0.6) is 0 Å². The van der Waals surface area contributed by atoms with Gasteiger partial charge in [0.15, 0.2) is 0 Å². The number of aromatic amines is 2. The maximum absolute atomic E-state index is 11.7. The molecule has 146 valence electrons. The van der Waals surface area contributed by atoms with Crippen LogP contribution in [0.4, 0.5) is 0 Å². The van der Waals surface area contributed by atoms with Crippen molar-refractivity contribution in [3.63, 3.8) is 0 Å². The molecule has 0 bridgehead atoms. The van der Waals surface area contributed by atoms with Crippen molar-refractivity contribution >= 4 is 28.5 Å². The van der Waals surface area contributed by atoms with Crippen LogP contribution in [0.3, 0.4) is 0 Å². The standard InChI is InChI=1S/C21H17ClN4O3/c22-19-18(25-20(26-19)15(23)8-11-4-2-1-3-5-11)12-6-7-16-13(9-12)14(21(28)29)10-17(27)24-16/h1-7,9-10,15H,8,23H2,(H,24,27)(H,25,26)(H,28,29). The van der Waals surface area contributed by atoms with Gasteiger partial charge in [0.05, 0.1) is 11.6 Å². The summed E-state index contributed by atoms with van der Waals surface area (Å²) in [5, 5.41) is 10.1. The fourth-order valence-electron chi connectivity index (χ4n) is 3.28. The number of hydrogen-bond acceptors (Lipinski definition) is 4. The lowest BCUT2D eigenvalue weighted by Gasteiger charge is -2.08. The van der Waals surface area contributed by atoms with Crippen molar-refractivity contribution in [3.8, 4) is 11.3 Å². The molecule has 0 saturated heterocycles. The van der Waals surface area contributed by atoms with Crippen molar-refractivity contribution in [2.75, 3.05) is 0 Å². The molecule has 1 unspecified atom stereocenters. The monoisotopic (exact) mass is 408 g/mol. The van der Waals surface area contributed by atoms with Gasteiger partial charge in [0.25, 0.3) is 0 Å². The maximum Gasteiger partial charge on any atom is 0.336 e. The van der Waals surface area contributed by atoms with Crippen molar-refractivity contribution in [2.45, 2.75) is 12.5 Å². The van der Waals surface area contributed by atoms with E-state index in [2.05, 4.69) is 15.0 Å². The lowest BCUT2D eigenvalue weighted by molar-refractivity contribution is 0.0699. The van der Waals surface area contributed by atoms with Gasteiger partial charge in [-0.05, 0) is 24.1 Å². The van der Waals surface area contributed by atoms with E-state index < -0.39 is 11.5 Å². The Hall–Kier alpha value is -3.42. The lowest BCUT2D eigenvalue weighted by Crippen LogP contribution is -2.15. The van der Waals surface area contributed by atoms with E-state index in [0.717, 1.165) is 11.6 Å². The van der Waals surface area contributed by atoms with Crippen molar-refractivity contribution < 1.29 is 9.90 Å². The zero-order valence-corrected chi connectivity index (χ0v) is 15.9. The van der Waals surface area contributed by atoms with Gasteiger partial charge in [0.2, 0.25) is 5.56 Å². The van der Waals surface area contributed by atoms with Crippen LogP contribution < -0.4 is 11.3 Å². The van der Waals surface area contributed by atoms with E-state index in [0.29, 0.717) is 39.6 Å². The largest absolute Gasteiger partial charge is 0.478 e. The molecular weight excluding hydrogens is 392 g/mol. The van der Waals surface area contributed by atoms with Crippen LogP contribution in [-0.4, -0.2) is 26.0 Å². The summed E-state index contributed by atoms with van der Waals surface area (Å²) in [6.45, 7) is 0. The highest BCUT2D eigenvalue weighted by Gasteiger charge is 2.18. The van der Waals surface area contributed by atoms with Gasteiger partial charge >= 0.3 is 5.97 Å². The number of nitrogens with zero attached hydrogens (tertiary/aromatic N) is 1. The molecule has 1 atom stereocenters. The molecule has 4 aromatic rings. The number of rotatable bonds is 5. The molecule has 0 radical (unpaired) electrons. The van der Waals surface area contributed by atoms with E-state index >= 15 is 0 Å². The number of carboxylic acids is 1. The Morgan fingerprint density at radius 2 is 1.90 bits per heavy atom. The number of halogens is 1. The number of benzene rings is 2. The van der Waals surface area contributed by atoms with E-state index in [1.807, 2.05) is 30.3 Å². The summed E-state index contributed by atoms with van der Waals surface area (Å²) in [7, 11) is 0. The Morgan fingerprint density at radius 3 is 2.62 bits per heavy atom. The number of imidazole rings is 1. The van der Waals surface area contributed by atoms with E-state index in [-0.39, 0.29) is 11.6 Å². The molecule has 0 spiro atoms. The number of nitrogens with one attached hydrogen (secondary N) is 2. The predicted octanol–water partition coefficient (Wildman–Crippen LogP) is 3.51. The van der Waals surface area contributed by atoms with Crippen LogP contribution in [-0.2, 0) is 6.42 Å². The minimum absolute atomic E-state index is 0.0849. The van der Waals surface area contributed by atoms with Gasteiger partial charge in [0, 0.05) is 22.5 Å². The number of fused-ring (bicyclic) bond motifs is 1. The Morgan fingerprint density at radius 1 is 1.14 bits per heavy atom.